The van der Waals surface area contributed by atoms with Gasteiger partial charge in [0.05, 0.1) is 7.11 Å². The molecule has 0 aliphatic rings. The van der Waals surface area contributed by atoms with Crippen molar-refractivity contribution in [1.29, 1.82) is 0 Å². The Labute approximate surface area is 58.5 Å². The maximum atomic E-state index is 10.2. The Hall–Kier alpha value is -0.840. The van der Waals surface area contributed by atoms with Gasteiger partial charge < -0.3 is 4.74 Å². The minimum absolute atomic E-state index is 0.144. The first kappa shape index (κ1) is 8.16. The third-order valence-electron chi connectivity index (χ3n) is 0.526. The zero-order valence-corrected chi connectivity index (χ0v) is 6.04. The van der Waals surface area contributed by atoms with Crippen LogP contribution in [-0.2, 0) is 9.53 Å². The molecule has 0 aromatic heterocycles. The summed E-state index contributed by atoms with van der Waals surface area (Å²) in [5, 5.41) is 0.144. The molecule has 0 aromatic rings. The predicted octanol–water partition coefficient (Wildman–Crippen LogP) is -0.442. The van der Waals surface area contributed by atoms with Gasteiger partial charge in [-0.3, -0.25) is 15.6 Å². The second-order valence-corrected chi connectivity index (χ2v) is 1.67. The van der Waals surface area contributed by atoms with Gasteiger partial charge in [0.2, 0.25) is 5.91 Å². The van der Waals surface area contributed by atoms with Crippen LogP contribution in [0.25, 0.3) is 0 Å². The summed E-state index contributed by atoms with van der Waals surface area (Å²) in [6, 6.07) is 0. The highest BCUT2D eigenvalue weighted by Gasteiger charge is 1.91. The monoisotopic (exact) mass is 148 g/mol. The molecule has 4 nitrogen and oxygen atoms in total. The third-order valence-corrected chi connectivity index (χ3v) is 0.795. The first-order valence-electron chi connectivity index (χ1n) is 2.27. The molecule has 0 rings (SSSR count). The summed E-state index contributed by atoms with van der Waals surface area (Å²) in [4.78, 5) is 10.2. The molecule has 0 unspecified atom stereocenters. The molecule has 0 aliphatic heterocycles. The van der Waals surface area contributed by atoms with Gasteiger partial charge in [-0.15, -0.1) is 0 Å². The maximum absolute atomic E-state index is 10.2. The van der Waals surface area contributed by atoms with Crippen LogP contribution in [0.1, 0.15) is 6.92 Å². The Bertz CT molecular complexity index is 126. The molecular formula is C4H8N2O2S. The summed E-state index contributed by atoms with van der Waals surface area (Å²) in [6.07, 6.45) is 0. The average Bonchev–Trinajstić information content (AvgIpc) is 1.83. The van der Waals surface area contributed by atoms with Crippen molar-refractivity contribution in [2.24, 2.45) is 0 Å². The molecule has 0 saturated heterocycles. The van der Waals surface area contributed by atoms with Crippen LogP contribution < -0.4 is 10.9 Å². The summed E-state index contributed by atoms with van der Waals surface area (Å²) < 4.78 is 4.51. The lowest BCUT2D eigenvalue weighted by atomic mass is 10.8. The Morgan fingerprint density at radius 2 is 2.11 bits per heavy atom. The Kier molecular flexibility index (Phi) is 3.70. The second kappa shape index (κ2) is 4.08. The third kappa shape index (κ3) is 5.02. The molecule has 0 aliphatic carbocycles. The minimum Gasteiger partial charge on any atom is -0.473 e. The van der Waals surface area contributed by atoms with Gasteiger partial charge in [0, 0.05) is 6.92 Å². The topological polar surface area (TPSA) is 50.4 Å². The SMILES string of the molecule is COC(=S)NNC(C)=O. The standard InChI is InChI=1S/C4H8N2O2S/c1-3(7)5-6-4(9)8-2/h1-2H3,(H,5,7)(H,6,9). The quantitative estimate of drug-likeness (QED) is 0.361. The lowest BCUT2D eigenvalue weighted by molar-refractivity contribution is -0.119. The fourth-order valence-electron chi connectivity index (χ4n) is 0.190. The van der Waals surface area contributed by atoms with Crippen LogP contribution in [0.5, 0.6) is 0 Å². The number of hydrogen-bond donors (Lipinski definition) is 2. The molecule has 5 heteroatoms. The molecule has 1 amide bonds. The normalized spacial score (nSPS) is 7.78. The van der Waals surface area contributed by atoms with Crippen molar-refractivity contribution in [3.05, 3.63) is 0 Å². The van der Waals surface area contributed by atoms with Gasteiger partial charge in [-0.05, 0) is 12.2 Å². The average molecular weight is 148 g/mol. The van der Waals surface area contributed by atoms with Gasteiger partial charge in [-0.1, -0.05) is 0 Å². The van der Waals surface area contributed by atoms with Crippen LogP contribution in [-0.4, -0.2) is 18.2 Å². The van der Waals surface area contributed by atoms with E-state index in [2.05, 4.69) is 27.8 Å². The summed E-state index contributed by atoms with van der Waals surface area (Å²) in [7, 11) is 1.41. The number of hydrogen-bond acceptors (Lipinski definition) is 3. The van der Waals surface area contributed by atoms with E-state index >= 15 is 0 Å². The van der Waals surface area contributed by atoms with Crippen molar-refractivity contribution in [3.8, 4) is 0 Å². The first-order valence-corrected chi connectivity index (χ1v) is 2.68. The van der Waals surface area contributed by atoms with Crippen LogP contribution in [0.4, 0.5) is 0 Å². The van der Waals surface area contributed by atoms with E-state index in [1.54, 1.807) is 0 Å². The van der Waals surface area contributed by atoms with Gasteiger partial charge in [-0.2, -0.15) is 0 Å². The smallest absolute Gasteiger partial charge is 0.275 e. The Balaban J connectivity index is 3.28. The fraction of sp³-hybridized carbons (Fsp3) is 0.500. The van der Waals surface area contributed by atoms with Crippen molar-refractivity contribution >= 4 is 23.3 Å². The molecule has 0 bridgehead atoms. The van der Waals surface area contributed by atoms with Crippen molar-refractivity contribution in [1.82, 2.24) is 10.9 Å². The van der Waals surface area contributed by atoms with Crippen molar-refractivity contribution in [2.75, 3.05) is 7.11 Å². The zero-order chi connectivity index (χ0) is 7.28. The van der Waals surface area contributed by atoms with Crippen LogP contribution in [0, 0.1) is 0 Å². The van der Waals surface area contributed by atoms with Crippen molar-refractivity contribution < 1.29 is 9.53 Å². The molecule has 0 fully saturated rings. The van der Waals surface area contributed by atoms with E-state index in [4.69, 9.17) is 0 Å². The van der Waals surface area contributed by atoms with Crippen molar-refractivity contribution in [2.45, 2.75) is 6.92 Å². The van der Waals surface area contributed by atoms with Gasteiger partial charge in [0.1, 0.15) is 0 Å². The Morgan fingerprint density at radius 3 is 2.44 bits per heavy atom. The number of ether oxygens (including phenoxy) is 1. The van der Waals surface area contributed by atoms with E-state index in [0.717, 1.165) is 0 Å². The molecule has 0 atom stereocenters. The molecule has 0 spiro atoms. The van der Waals surface area contributed by atoms with Gasteiger partial charge >= 0.3 is 0 Å². The van der Waals surface area contributed by atoms with Gasteiger partial charge in [0.25, 0.3) is 5.17 Å². The molecule has 9 heavy (non-hydrogen) atoms. The molecule has 52 valence electrons. The molecular weight excluding hydrogens is 140 g/mol. The molecule has 0 saturated carbocycles. The zero-order valence-electron chi connectivity index (χ0n) is 5.22. The van der Waals surface area contributed by atoms with E-state index in [9.17, 15) is 4.79 Å². The summed E-state index contributed by atoms with van der Waals surface area (Å²) >= 11 is 4.53. The Morgan fingerprint density at radius 1 is 1.56 bits per heavy atom. The number of nitrogens with one attached hydrogen (secondary N) is 2. The van der Waals surface area contributed by atoms with Crippen molar-refractivity contribution in [3.63, 3.8) is 0 Å². The number of thiocarbonyl (C=S) groups is 1. The van der Waals surface area contributed by atoms with E-state index in [1.807, 2.05) is 0 Å². The number of carbonyl (C=O) groups is 1. The second-order valence-electron chi connectivity index (χ2n) is 1.30. The molecule has 0 radical (unpaired) electrons. The van der Waals surface area contributed by atoms with Crippen LogP contribution in [0.3, 0.4) is 0 Å². The van der Waals surface area contributed by atoms with E-state index in [-0.39, 0.29) is 11.1 Å². The molecule has 0 aromatic carbocycles. The highest BCUT2D eigenvalue weighted by atomic mass is 32.1. The van der Waals surface area contributed by atoms with Gasteiger partial charge in [0.15, 0.2) is 0 Å². The molecule has 2 N–H and O–H groups in total. The number of hydrazine groups is 1. The van der Waals surface area contributed by atoms with Gasteiger partial charge in [-0.25, -0.2) is 0 Å². The minimum atomic E-state index is -0.214. The molecule has 0 heterocycles. The summed E-state index contributed by atoms with van der Waals surface area (Å²) in [5.74, 6) is -0.214. The number of carbonyl (C=O) groups excluding carboxylic acids is 1. The highest BCUT2D eigenvalue weighted by molar-refractivity contribution is 7.80. The van der Waals surface area contributed by atoms with E-state index in [1.165, 1.54) is 14.0 Å². The maximum Gasteiger partial charge on any atom is 0.275 e. The van der Waals surface area contributed by atoms with Crippen LogP contribution >= 0.6 is 12.2 Å². The lowest BCUT2D eigenvalue weighted by Crippen LogP contribution is -2.39. The predicted molar refractivity (Wildman–Crippen MR) is 36.6 cm³/mol. The highest BCUT2D eigenvalue weighted by Crippen LogP contribution is 1.67. The van der Waals surface area contributed by atoms with Crippen LogP contribution in [0.15, 0.2) is 0 Å². The number of amides is 1. The summed E-state index contributed by atoms with van der Waals surface area (Å²) in [5.41, 5.74) is 4.58. The lowest BCUT2D eigenvalue weighted by Gasteiger charge is -2.04. The van der Waals surface area contributed by atoms with Crippen LogP contribution in [0.2, 0.25) is 0 Å². The first-order chi connectivity index (χ1) is 4.16. The fourth-order valence-corrected chi connectivity index (χ4v) is 0.241. The summed E-state index contributed by atoms with van der Waals surface area (Å²) in [6.45, 7) is 1.37. The number of methoxy groups -OCH3 is 1. The number of rotatable bonds is 0. The van der Waals surface area contributed by atoms with E-state index < -0.39 is 0 Å². The van der Waals surface area contributed by atoms with E-state index in [0.29, 0.717) is 0 Å². The largest absolute Gasteiger partial charge is 0.473 e.